The Labute approximate surface area is 90.3 Å². The van der Waals surface area contributed by atoms with Gasteiger partial charge in [0.25, 0.3) is 0 Å². The maximum Gasteiger partial charge on any atom is 0.165 e. The van der Waals surface area contributed by atoms with Gasteiger partial charge >= 0.3 is 0 Å². The molecular weight excluding hydrogens is 191 g/mol. The summed E-state index contributed by atoms with van der Waals surface area (Å²) in [6.45, 7) is 2.53. The maximum absolute atomic E-state index is 13.1. The first-order valence-electron chi connectivity index (χ1n) is 5.17. The fourth-order valence-electron chi connectivity index (χ4n) is 1.12. The van der Waals surface area contributed by atoms with E-state index in [9.17, 15) is 4.39 Å². The molecule has 0 unspecified atom stereocenters. The summed E-state index contributed by atoms with van der Waals surface area (Å²) < 4.78 is 18.3. The molecule has 80 valence electrons. The molecule has 0 aliphatic heterocycles. The van der Waals surface area contributed by atoms with Crippen LogP contribution in [-0.2, 0) is 0 Å². The van der Waals surface area contributed by atoms with E-state index in [2.05, 4.69) is 11.8 Å². The minimum Gasteiger partial charge on any atom is -0.490 e. The summed E-state index contributed by atoms with van der Waals surface area (Å²) in [7, 11) is 0. The van der Waals surface area contributed by atoms with Gasteiger partial charge in [0.15, 0.2) is 11.6 Å². The van der Waals surface area contributed by atoms with Crippen LogP contribution in [0.4, 0.5) is 4.39 Å². The SMILES string of the molecule is CCC#CCCCOc1ccccc1F. The van der Waals surface area contributed by atoms with Crippen LogP contribution in [0.3, 0.4) is 0 Å². The first-order chi connectivity index (χ1) is 7.34. The van der Waals surface area contributed by atoms with E-state index in [0.29, 0.717) is 12.4 Å². The van der Waals surface area contributed by atoms with Crippen molar-refractivity contribution in [3.8, 4) is 17.6 Å². The van der Waals surface area contributed by atoms with E-state index in [0.717, 1.165) is 19.3 Å². The minimum atomic E-state index is -0.308. The van der Waals surface area contributed by atoms with Crippen LogP contribution < -0.4 is 4.74 Å². The van der Waals surface area contributed by atoms with Gasteiger partial charge in [0, 0.05) is 12.8 Å². The molecule has 0 bridgehead atoms. The molecule has 1 rings (SSSR count). The smallest absolute Gasteiger partial charge is 0.165 e. The molecule has 0 spiro atoms. The molecule has 0 N–H and O–H groups in total. The van der Waals surface area contributed by atoms with E-state index in [1.165, 1.54) is 6.07 Å². The Morgan fingerprint density at radius 3 is 2.80 bits per heavy atom. The van der Waals surface area contributed by atoms with Crippen LogP contribution in [0, 0.1) is 17.7 Å². The van der Waals surface area contributed by atoms with Crippen molar-refractivity contribution in [1.82, 2.24) is 0 Å². The second kappa shape index (κ2) is 6.89. The van der Waals surface area contributed by atoms with Gasteiger partial charge in [-0.05, 0) is 18.6 Å². The summed E-state index contributed by atoms with van der Waals surface area (Å²) in [6, 6.07) is 6.43. The van der Waals surface area contributed by atoms with Gasteiger partial charge in [-0.1, -0.05) is 19.1 Å². The Morgan fingerprint density at radius 2 is 2.07 bits per heavy atom. The molecule has 0 aliphatic rings. The van der Waals surface area contributed by atoms with Crippen LogP contribution in [-0.4, -0.2) is 6.61 Å². The highest BCUT2D eigenvalue weighted by Crippen LogP contribution is 2.15. The molecule has 0 fully saturated rings. The van der Waals surface area contributed by atoms with Crippen molar-refractivity contribution in [3.05, 3.63) is 30.1 Å². The lowest BCUT2D eigenvalue weighted by Gasteiger charge is -2.04. The lowest BCUT2D eigenvalue weighted by atomic mass is 10.3. The number of unbranched alkanes of at least 4 members (excludes halogenated alkanes) is 1. The van der Waals surface area contributed by atoms with E-state index >= 15 is 0 Å². The summed E-state index contributed by atoms with van der Waals surface area (Å²) in [6.07, 6.45) is 2.53. The zero-order valence-electron chi connectivity index (χ0n) is 8.92. The van der Waals surface area contributed by atoms with Gasteiger partial charge in [-0.2, -0.15) is 0 Å². The first-order valence-corrected chi connectivity index (χ1v) is 5.17. The average molecular weight is 206 g/mol. The van der Waals surface area contributed by atoms with Crippen molar-refractivity contribution >= 4 is 0 Å². The quantitative estimate of drug-likeness (QED) is 0.542. The molecule has 0 heterocycles. The molecular formula is C13H15FO. The van der Waals surface area contributed by atoms with E-state index < -0.39 is 0 Å². The predicted octanol–water partition coefficient (Wildman–Crippen LogP) is 3.40. The number of ether oxygens (including phenoxy) is 1. The summed E-state index contributed by atoms with van der Waals surface area (Å²) in [5.74, 6) is 6.00. The van der Waals surface area contributed by atoms with Crippen LogP contribution in [0.2, 0.25) is 0 Å². The third-order valence-electron chi connectivity index (χ3n) is 1.84. The number of hydrogen-bond acceptors (Lipinski definition) is 1. The summed E-state index contributed by atoms with van der Waals surface area (Å²) in [5, 5.41) is 0. The predicted molar refractivity (Wildman–Crippen MR) is 59.2 cm³/mol. The molecule has 2 heteroatoms. The van der Waals surface area contributed by atoms with Gasteiger partial charge in [0.2, 0.25) is 0 Å². The molecule has 0 saturated carbocycles. The molecule has 0 radical (unpaired) electrons. The fourth-order valence-corrected chi connectivity index (χ4v) is 1.12. The molecule has 1 nitrogen and oxygen atoms in total. The number of para-hydroxylation sites is 1. The average Bonchev–Trinajstić information content (AvgIpc) is 2.25. The molecule has 0 saturated heterocycles. The summed E-state index contributed by atoms with van der Waals surface area (Å²) >= 11 is 0. The Hall–Kier alpha value is -1.49. The standard InChI is InChI=1S/C13H15FO/c1-2-3-4-5-8-11-15-13-10-7-6-9-12(13)14/h6-7,9-10H,2,5,8,11H2,1H3. The van der Waals surface area contributed by atoms with Crippen LogP contribution in [0.1, 0.15) is 26.2 Å². The summed E-state index contributed by atoms with van der Waals surface area (Å²) in [4.78, 5) is 0. The largest absolute Gasteiger partial charge is 0.490 e. The molecule has 0 atom stereocenters. The fraction of sp³-hybridized carbons (Fsp3) is 0.385. The lowest BCUT2D eigenvalue weighted by molar-refractivity contribution is 0.297. The minimum absolute atomic E-state index is 0.308. The van der Waals surface area contributed by atoms with Gasteiger partial charge in [-0.3, -0.25) is 0 Å². The van der Waals surface area contributed by atoms with Gasteiger partial charge in [-0.15, -0.1) is 11.8 Å². The van der Waals surface area contributed by atoms with Crippen molar-refractivity contribution in [2.45, 2.75) is 26.2 Å². The molecule has 0 aliphatic carbocycles. The zero-order valence-corrected chi connectivity index (χ0v) is 8.92. The molecule has 0 amide bonds. The van der Waals surface area contributed by atoms with Crippen molar-refractivity contribution in [3.63, 3.8) is 0 Å². The number of rotatable bonds is 4. The zero-order chi connectivity index (χ0) is 10.9. The lowest BCUT2D eigenvalue weighted by Crippen LogP contribution is -1.98. The topological polar surface area (TPSA) is 9.23 Å². The van der Waals surface area contributed by atoms with E-state index in [4.69, 9.17) is 4.74 Å². The second-order valence-corrected chi connectivity index (χ2v) is 3.09. The Morgan fingerprint density at radius 1 is 1.27 bits per heavy atom. The Balaban J connectivity index is 2.23. The number of halogens is 1. The molecule has 1 aromatic carbocycles. The highest BCUT2D eigenvalue weighted by Gasteiger charge is 1.99. The van der Waals surface area contributed by atoms with Crippen LogP contribution in [0.25, 0.3) is 0 Å². The Bertz CT molecular complexity index is 349. The molecule has 0 aromatic heterocycles. The van der Waals surface area contributed by atoms with Crippen LogP contribution in [0.15, 0.2) is 24.3 Å². The normalized spacial score (nSPS) is 9.20. The highest BCUT2D eigenvalue weighted by atomic mass is 19.1. The molecule has 15 heavy (non-hydrogen) atoms. The van der Waals surface area contributed by atoms with Gasteiger partial charge in [0.1, 0.15) is 0 Å². The van der Waals surface area contributed by atoms with Crippen molar-refractivity contribution in [1.29, 1.82) is 0 Å². The maximum atomic E-state index is 13.1. The number of hydrogen-bond donors (Lipinski definition) is 0. The van der Waals surface area contributed by atoms with Gasteiger partial charge in [0.05, 0.1) is 6.61 Å². The van der Waals surface area contributed by atoms with Crippen molar-refractivity contribution < 1.29 is 9.13 Å². The van der Waals surface area contributed by atoms with E-state index in [1.807, 2.05) is 6.92 Å². The monoisotopic (exact) mass is 206 g/mol. The van der Waals surface area contributed by atoms with Crippen molar-refractivity contribution in [2.24, 2.45) is 0 Å². The third kappa shape index (κ3) is 4.51. The Kier molecular flexibility index (Phi) is 5.32. The van der Waals surface area contributed by atoms with Crippen LogP contribution >= 0.6 is 0 Å². The van der Waals surface area contributed by atoms with Gasteiger partial charge in [-0.25, -0.2) is 4.39 Å². The van der Waals surface area contributed by atoms with Crippen molar-refractivity contribution in [2.75, 3.05) is 6.61 Å². The summed E-state index contributed by atoms with van der Waals surface area (Å²) in [5.41, 5.74) is 0. The second-order valence-electron chi connectivity index (χ2n) is 3.09. The first kappa shape index (κ1) is 11.6. The van der Waals surface area contributed by atoms with E-state index in [1.54, 1.807) is 18.2 Å². The highest BCUT2D eigenvalue weighted by molar-refractivity contribution is 5.23. The van der Waals surface area contributed by atoms with Gasteiger partial charge < -0.3 is 4.74 Å². The van der Waals surface area contributed by atoms with E-state index in [-0.39, 0.29) is 5.82 Å². The molecule has 1 aromatic rings. The number of benzene rings is 1. The van der Waals surface area contributed by atoms with Crippen LogP contribution in [0.5, 0.6) is 5.75 Å². The third-order valence-corrected chi connectivity index (χ3v) is 1.84.